The molecule has 4 heterocycles. The summed E-state index contributed by atoms with van der Waals surface area (Å²) in [5.74, 6) is 0.638. The van der Waals surface area contributed by atoms with Gasteiger partial charge in [-0.3, -0.25) is 4.57 Å². The van der Waals surface area contributed by atoms with Gasteiger partial charge in [-0.05, 0) is 99.8 Å². The zero-order valence-electron chi connectivity index (χ0n) is 35.0. The number of aromatic nitrogens is 4. The van der Waals surface area contributed by atoms with Gasteiger partial charge in [0.1, 0.15) is 11.2 Å². The number of furan rings is 1. The van der Waals surface area contributed by atoms with Crippen LogP contribution in [-0.4, -0.2) is 19.1 Å². The molecule has 14 aromatic rings. The van der Waals surface area contributed by atoms with Gasteiger partial charge in [0.2, 0.25) is 5.95 Å². The lowest BCUT2D eigenvalue weighted by Crippen LogP contribution is -2.03. The molecule has 0 fully saturated rings. The minimum Gasteiger partial charge on any atom is -0.455 e. The van der Waals surface area contributed by atoms with E-state index < -0.39 is 0 Å². The van der Waals surface area contributed by atoms with Crippen LogP contribution in [-0.2, 0) is 0 Å². The zero-order valence-corrected chi connectivity index (χ0v) is 35.0. The van der Waals surface area contributed by atoms with Gasteiger partial charge < -0.3 is 8.98 Å². The van der Waals surface area contributed by atoms with Crippen molar-refractivity contribution < 1.29 is 4.42 Å². The third-order valence-electron chi connectivity index (χ3n) is 13.3. The Morgan fingerprint density at radius 1 is 0.338 bits per heavy atom. The molecule has 14 rings (SSSR count). The van der Waals surface area contributed by atoms with E-state index in [1.807, 2.05) is 6.07 Å². The average molecular weight is 829 g/mol. The summed E-state index contributed by atoms with van der Waals surface area (Å²) < 4.78 is 11.3. The summed E-state index contributed by atoms with van der Waals surface area (Å²) in [6.45, 7) is 0. The molecule has 0 atom stereocenters. The number of hydrogen-bond acceptors (Lipinski definition) is 3. The lowest BCUT2D eigenvalue weighted by Gasteiger charge is -2.12. The second kappa shape index (κ2) is 13.9. The number of para-hydroxylation sites is 3. The van der Waals surface area contributed by atoms with Crippen molar-refractivity contribution in [3.8, 4) is 45.1 Å². The SMILES string of the molecule is c1ccc(-c2ccc(-c3nc(-n4c5ccc(-c6ccc7c(c6)c6c8oc9ccccc9c8ccc6n7-c6ccccc6)cc5c5c6ccccc6ccc54)nc4ccccc34)cc2)cc1. The molecule has 0 saturated carbocycles. The minimum atomic E-state index is 0.638. The number of hydrogen-bond donors (Lipinski definition) is 0. The highest BCUT2D eigenvalue weighted by Crippen LogP contribution is 2.44. The monoisotopic (exact) mass is 828 g/mol. The van der Waals surface area contributed by atoms with Crippen LogP contribution in [0.25, 0.3) is 132 Å². The van der Waals surface area contributed by atoms with E-state index in [4.69, 9.17) is 14.4 Å². The topological polar surface area (TPSA) is 48.8 Å². The van der Waals surface area contributed by atoms with E-state index >= 15 is 0 Å². The van der Waals surface area contributed by atoms with Crippen molar-refractivity contribution in [2.45, 2.75) is 0 Å². The molecule has 0 bridgehead atoms. The Bertz CT molecular complexity index is 4220. The van der Waals surface area contributed by atoms with E-state index in [1.165, 1.54) is 27.3 Å². The second-order valence-electron chi connectivity index (χ2n) is 16.9. The average Bonchev–Trinajstić information content (AvgIpc) is 4.04. The first-order chi connectivity index (χ1) is 32.2. The fraction of sp³-hybridized carbons (Fsp3) is 0. The van der Waals surface area contributed by atoms with Crippen LogP contribution < -0.4 is 0 Å². The lowest BCUT2D eigenvalue weighted by atomic mass is 9.98. The van der Waals surface area contributed by atoms with Crippen molar-refractivity contribution in [2.24, 2.45) is 0 Å². The lowest BCUT2D eigenvalue weighted by molar-refractivity contribution is 0.673. The van der Waals surface area contributed by atoms with Gasteiger partial charge in [-0.1, -0.05) is 152 Å². The predicted octanol–water partition coefficient (Wildman–Crippen LogP) is 15.9. The Balaban J connectivity index is 0.998. The molecule has 10 aromatic carbocycles. The van der Waals surface area contributed by atoms with Gasteiger partial charge in [0, 0.05) is 43.6 Å². The van der Waals surface area contributed by atoms with Crippen molar-refractivity contribution >= 4 is 87.2 Å². The normalized spacial score (nSPS) is 12.0. The maximum Gasteiger partial charge on any atom is 0.235 e. The Kier molecular flexibility index (Phi) is 7.62. The molecular formula is C60H36N4O. The Labute approximate surface area is 372 Å². The van der Waals surface area contributed by atoms with Crippen LogP contribution in [0.2, 0.25) is 0 Å². The summed E-state index contributed by atoms with van der Waals surface area (Å²) in [7, 11) is 0. The van der Waals surface area contributed by atoms with Crippen LogP contribution in [0, 0.1) is 0 Å². The zero-order chi connectivity index (χ0) is 42.6. The Morgan fingerprint density at radius 2 is 0.908 bits per heavy atom. The van der Waals surface area contributed by atoms with E-state index in [2.05, 4.69) is 221 Å². The van der Waals surface area contributed by atoms with Gasteiger partial charge in [-0.25, -0.2) is 9.97 Å². The molecular weight excluding hydrogens is 793 g/mol. The second-order valence-corrected chi connectivity index (χ2v) is 16.9. The molecule has 0 aliphatic heterocycles. The first-order valence-corrected chi connectivity index (χ1v) is 22.1. The van der Waals surface area contributed by atoms with Crippen LogP contribution >= 0.6 is 0 Å². The van der Waals surface area contributed by atoms with E-state index in [0.717, 1.165) is 99.1 Å². The summed E-state index contributed by atoms with van der Waals surface area (Å²) in [6, 6.07) is 77.8. The van der Waals surface area contributed by atoms with Crippen molar-refractivity contribution in [1.29, 1.82) is 0 Å². The van der Waals surface area contributed by atoms with Gasteiger partial charge in [-0.15, -0.1) is 0 Å². The van der Waals surface area contributed by atoms with E-state index in [-0.39, 0.29) is 0 Å². The van der Waals surface area contributed by atoms with Gasteiger partial charge in [-0.2, -0.15) is 0 Å². The minimum absolute atomic E-state index is 0.638. The molecule has 302 valence electrons. The molecule has 5 nitrogen and oxygen atoms in total. The van der Waals surface area contributed by atoms with E-state index in [0.29, 0.717) is 5.95 Å². The predicted molar refractivity (Wildman–Crippen MR) is 269 cm³/mol. The summed E-state index contributed by atoms with van der Waals surface area (Å²) in [5, 5.41) is 10.2. The van der Waals surface area contributed by atoms with Crippen molar-refractivity contribution in [3.05, 3.63) is 218 Å². The van der Waals surface area contributed by atoms with E-state index in [9.17, 15) is 0 Å². The molecule has 0 radical (unpaired) electrons. The molecule has 0 aliphatic rings. The molecule has 5 heteroatoms. The van der Waals surface area contributed by atoms with Crippen LogP contribution in [0.4, 0.5) is 0 Å². The molecule has 0 aliphatic carbocycles. The Morgan fingerprint density at radius 3 is 1.71 bits per heavy atom. The van der Waals surface area contributed by atoms with Crippen LogP contribution in [0.1, 0.15) is 0 Å². The van der Waals surface area contributed by atoms with Gasteiger partial charge in [0.15, 0.2) is 0 Å². The molecule has 0 unspecified atom stereocenters. The molecule has 0 N–H and O–H groups in total. The van der Waals surface area contributed by atoms with Crippen molar-refractivity contribution in [2.75, 3.05) is 0 Å². The maximum atomic E-state index is 6.72. The quantitative estimate of drug-likeness (QED) is 0.174. The molecule has 0 spiro atoms. The molecule has 0 saturated heterocycles. The highest BCUT2D eigenvalue weighted by Gasteiger charge is 2.22. The fourth-order valence-corrected chi connectivity index (χ4v) is 10.3. The van der Waals surface area contributed by atoms with Gasteiger partial charge in [0.05, 0.1) is 38.7 Å². The third-order valence-corrected chi connectivity index (χ3v) is 13.3. The van der Waals surface area contributed by atoms with Gasteiger partial charge in [0.25, 0.3) is 0 Å². The summed E-state index contributed by atoms with van der Waals surface area (Å²) in [4.78, 5) is 10.7. The number of fused-ring (bicyclic) bond motifs is 13. The maximum absolute atomic E-state index is 6.72. The summed E-state index contributed by atoms with van der Waals surface area (Å²) in [5.41, 5.74) is 14.7. The van der Waals surface area contributed by atoms with Crippen LogP contribution in [0.3, 0.4) is 0 Å². The summed E-state index contributed by atoms with van der Waals surface area (Å²) in [6.07, 6.45) is 0. The molecule has 65 heavy (non-hydrogen) atoms. The fourth-order valence-electron chi connectivity index (χ4n) is 10.3. The van der Waals surface area contributed by atoms with Crippen LogP contribution in [0.5, 0.6) is 0 Å². The molecule has 4 aromatic heterocycles. The van der Waals surface area contributed by atoms with E-state index in [1.54, 1.807) is 0 Å². The smallest absolute Gasteiger partial charge is 0.235 e. The van der Waals surface area contributed by atoms with Crippen LogP contribution in [0.15, 0.2) is 223 Å². The first kappa shape index (κ1) is 35.8. The van der Waals surface area contributed by atoms with Crippen molar-refractivity contribution in [1.82, 2.24) is 19.1 Å². The third kappa shape index (κ3) is 5.39. The highest BCUT2D eigenvalue weighted by molar-refractivity contribution is 6.25. The number of rotatable bonds is 5. The highest BCUT2D eigenvalue weighted by atomic mass is 16.3. The molecule has 0 amide bonds. The summed E-state index contributed by atoms with van der Waals surface area (Å²) >= 11 is 0. The standard InChI is InChI=1S/C60H36N4O/c1-3-13-37(14-4-1)38-23-25-40(26-24-38)58-47-20-9-11-21-50(47)61-60(62-58)64-52-32-29-41(35-48(52)56-44-18-8-7-15-39(44)27-33-53(56)64)42-28-31-51-49(36-42)57-54(63(51)43-16-5-2-6-17-43)34-30-46-45-19-10-12-22-55(45)65-59(46)57/h1-36H. The van der Waals surface area contributed by atoms with Gasteiger partial charge >= 0.3 is 0 Å². The van der Waals surface area contributed by atoms with Crippen molar-refractivity contribution in [3.63, 3.8) is 0 Å². The first-order valence-electron chi connectivity index (χ1n) is 22.1. The Hall–Kier alpha value is -8.80. The largest absolute Gasteiger partial charge is 0.455 e. The number of benzene rings is 10. The number of nitrogens with zero attached hydrogens (tertiary/aromatic N) is 4.